The van der Waals surface area contributed by atoms with Gasteiger partial charge in [0.15, 0.2) is 0 Å². The van der Waals surface area contributed by atoms with E-state index in [4.69, 9.17) is 9.47 Å². The van der Waals surface area contributed by atoms with Crippen molar-refractivity contribution in [1.29, 1.82) is 0 Å². The summed E-state index contributed by atoms with van der Waals surface area (Å²) in [4.78, 5) is 4.32. The molecule has 1 saturated heterocycles. The second-order valence-electron chi connectivity index (χ2n) is 6.83. The Morgan fingerprint density at radius 3 is 2.86 bits per heavy atom. The molecule has 0 bridgehead atoms. The van der Waals surface area contributed by atoms with E-state index in [9.17, 15) is 8.42 Å². The zero-order chi connectivity index (χ0) is 19.4. The van der Waals surface area contributed by atoms with Crippen LogP contribution in [0.4, 0.5) is 5.69 Å². The molecule has 1 aliphatic heterocycles. The highest BCUT2D eigenvalue weighted by Crippen LogP contribution is 2.30. The fraction of sp³-hybridized carbons (Fsp3) is 0.286. The molecule has 1 N–H and O–H groups in total. The maximum atomic E-state index is 12.5. The molecule has 146 valence electrons. The van der Waals surface area contributed by atoms with E-state index < -0.39 is 10.0 Å². The van der Waals surface area contributed by atoms with E-state index in [0.29, 0.717) is 23.8 Å². The lowest BCUT2D eigenvalue weighted by Crippen LogP contribution is -2.30. The molecule has 1 aliphatic rings. The van der Waals surface area contributed by atoms with Crippen LogP contribution in [0.3, 0.4) is 0 Å². The van der Waals surface area contributed by atoms with Crippen LogP contribution in [0.25, 0.3) is 10.9 Å². The van der Waals surface area contributed by atoms with Crippen LogP contribution >= 0.6 is 0 Å². The molecule has 7 heteroatoms. The van der Waals surface area contributed by atoms with E-state index >= 15 is 0 Å². The number of benzene rings is 2. The number of nitrogens with zero attached hydrogens (tertiary/aromatic N) is 1. The normalized spacial score (nSPS) is 17.4. The molecular formula is C21H22N2O4S. The Kier molecular flexibility index (Phi) is 5.45. The smallest absolute Gasteiger partial charge is 0.235 e. The van der Waals surface area contributed by atoms with E-state index in [2.05, 4.69) is 9.71 Å². The number of hydrogen-bond donors (Lipinski definition) is 1. The number of rotatable bonds is 6. The van der Waals surface area contributed by atoms with Crippen molar-refractivity contribution in [2.75, 3.05) is 17.1 Å². The Bertz CT molecular complexity index is 1060. The van der Waals surface area contributed by atoms with Crippen LogP contribution < -0.4 is 9.46 Å². The van der Waals surface area contributed by atoms with Crippen LogP contribution in [0, 0.1) is 0 Å². The number of hydrogen-bond acceptors (Lipinski definition) is 5. The number of anilines is 1. The molecule has 0 aliphatic carbocycles. The molecule has 0 radical (unpaired) electrons. The molecule has 1 aromatic heterocycles. The van der Waals surface area contributed by atoms with Gasteiger partial charge >= 0.3 is 0 Å². The fourth-order valence-electron chi connectivity index (χ4n) is 3.31. The first kappa shape index (κ1) is 18.7. The van der Waals surface area contributed by atoms with Gasteiger partial charge in [0.2, 0.25) is 10.0 Å². The van der Waals surface area contributed by atoms with Crippen LogP contribution in [0.1, 0.15) is 19.3 Å². The molecule has 0 amide bonds. The monoisotopic (exact) mass is 398 g/mol. The van der Waals surface area contributed by atoms with Crippen molar-refractivity contribution < 1.29 is 17.9 Å². The number of para-hydroxylation sites is 1. The highest BCUT2D eigenvalue weighted by molar-refractivity contribution is 7.92. The minimum atomic E-state index is -3.50. The molecule has 1 unspecified atom stereocenters. The Morgan fingerprint density at radius 2 is 2.00 bits per heavy atom. The molecule has 1 fully saturated rings. The lowest BCUT2D eigenvalue weighted by atomic mass is 10.1. The highest BCUT2D eigenvalue weighted by atomic mass is 32.2. The molecular weight excluding hydrogens is 376 g/mol. The number of sulfonamides is 1. The summed E-state index contributed by atoms with van der Waals surface area (Å²) >= 11 is 0. The standard InChI is InChI=1S/C21H22N2O4S/c24-28(25,15-18-7-3-4-13-26-18)23-16-6-5-8-17(14-16)27-21-11-12-22-20-10-2-1-9-19(20)21/h1-2,5-6,8-12,14,18,23H,3-4,7,13,15H2. The lowest BCUT2D eigenvalue weighted by molar-refractivity contribution is 0.0306. The summed E-state index contributed by atoms with van der Waals surface area (Å²) in [6.45, 7) is 0.628. The number of pyridine rings is 1. The zero-order valence-corrected chi connectivity index (χ0v) is 16.2. The van der Waals surface area contributed by atoms with E-state index in [0.717, 1.165) is 30.2 Å². The van der Waals surface area contributed by atoms with Crippen molar-refractivity contribution in [2.45, 2.75) is 25.4 Å². The van der Waals surface area contributed by atoms with Gasteiger partial charge in [0.1, 0.15) is 11.5 Å². The summed E-state index contributed by atoms with van der Waals surface area (Å²) in [5, 5.41) is 0.894. The summed E-state index contributed by atoms with van der Waals surface area (Å²) in [7, 11) is -3.50. The third kappa shape index (κ3) is 4.61. The van der Waals surface area contributed by atoms with E-state index in [1.807, 2.05) is 24.3 Å². The van der Waals surface area contributed by atoms with E-state index in [1.165, 1.54) is 0 Å². The Morgan fingerprint density at radius 1 is 1.11 bits per heavy atom. The zero-order valence-electron chi connectivity index (χ0n) is 15.4. The summed E-state index contributed by atoms with van der Waals surface area (Å²) in [5.74, 6) is 1.18. The predicted molar refractivity (Wildman–Crippen MR) is 109 cm³/mol. The topological polar surface area (TPSA) is 77.5 Å². The van der Waals surface area contributed by atoms with Crippen molar-refractivity contribution in [1.82, 2.24) is 4.98 Å². The maximum Gasteiger partial charge on any atom is 0.235 e. The van der Waals surface area contributed by atoms with Gasteiger partial charge in [-0.25, -0.2) is 8.42 Å². The quantitative estimate of drug-likeness (QED) is 0.668. The Balaban J connectivity index is 1.49. The molecule has 1 atom stereocenters. The molecule has 3 aromatic rings. The Labute approximate surface area is 164 Å². The van der Waals surface area contributed by atoms with Gasteiger partial charge < -0.3 is 9.47 Å². The molecule has 2 aromatic carbocycles. The molecule has 4 rings (SSSR count). The average Bonchev–Trinajstić information content (AvgIpc) is 2.68. The van der Waals surface area contributed by atoms with Gasteiger partial charge in [-0.3, -0.25) is 9.71 Å². The van der Waals surface area contributed by atoms with Crippen LogP contribution in [0.15, 0.2) is 60.8 Å². The van der Waals surface area contributed by atoms with E-state index in [-0.39, 0.29) is 11.9 Å². The number of nitrogens with one attached hydrogen (secondary N) is 1. The SMILES string of the molecule is O=S(=O)(CC1CCCCO1)Nc1cccc(Oc2ccnc3ccccc23)c1. The van der Waals surface area contributed by atoms with Gasteiger partial charge in [-0.2, -0.15) is 0 Å². The molecule has 28 heavy (non-hydrogen) atoms. The van der Waals surface area contributed by atoms with Gasteiger partial charge in [-0.05, 0) is 49.6 Å². The highest BCUT2D eigenvalue weighted by Gasteiger charge is 2.22. The number of fused-ring (bicyclic) bond motifs is 1. The summed E-state index contributed by atoms with van der Waals surface area (Å²) < 4.78 is 39.1. The largest absolute Gasteiger partial charge is 0.457 e. The van der Waals surface area contributed by atoms with Crippen LogP contribution in [0.2, 0.25) is 0 Å². The van der Waals surface area contributed by atoms with Gasteiger partial charge in [-0.1, -0.05) is 18.2 Å². The summed E-state index contributed by atoms with van der Waals surface area (Å²) in [5.41, 5.74) is 1.30. The van der Waals surface area contributed by atoms with Crippen LogP contribution in [0.5, 0.6) is 11.5 Å². The molecule has 0 spiro atoms. The van der Waals surface area contributed by atoms with Crippen molar-refractivity contribution in [3.05, 3.63) is 60.8 Å². The first-order valence-corrected chi connectivity index (χ1v) is 11.0. The molecule has 0 saturated carbocycles. The van der Waals surface area contributed by atoms with Crippen LogP contribution in [-0.4, -0.2) is 31.9 Å². The van der Waals surface area contributed by atoms with Crippen molar-refractivity contribution in [3.8, 4) is 11.5 Å². The van der Waals surface area contributed by atoms with Crippen molar-refractivity contribution in [2.24, 2.45) is 0 Å². The first-order chi connectivity index (χ1) is 13.6. The fourth-order valence-corrected chi connectivity index (χ4v) is 4.64. The minimum Gasteiger partial charge on any atom is -0.457 e. The molecule has 2 heterocycles. The van der Waals surface area contributed by atoms with Gasteiger partial charge in [-0.15, -0.1) is 0 Å². The third-order valence-electron chi connectivity index (χ3n) is 4.62. The van der Waals surface area contributed by atoms with Gasteiger partial charge in [0.05, 0.1) is 23.1 Å². The lowest BCUT2D eigenvalue weighted by Gasteiger charge is -2.22. The van der Waals surface area contributed by atoms with Crippen LogP contribution in [-0.2, 0) is 14.8 Å². The molecule has 6 nitrogen and oxygen atoms in total. The number of aromatic nitrogens is 1. The first-order valence-electron chi connectivity index (χ1n) is 9.33. The predicted octanol–water partition coefficient (Wildman–Crippen LogP) is 4.34. The summed E-state index contributed by atoms with van der Waals surface area (Å²) in [6.07, 6.45) is 4.22. The number of ether oxygens (including phenoxy) is 2. The summed E-state index contributed by atoms with van der Waals surface area (Å²) in [6, 6.07) is 16.4. The third-order valence-corrected chi connectivity index (χ3v) is 5.98. The van der Waals surface area contributed by atoms with Gasteiger partial charge in [0.25, 0.3) is 0 Å². The van der Waals surface area contributed by atoms with Crippen molar-refractivity contribution in [3.63, 3.8) is 0 Å². The minimum absolute atomic E-state index is 0.0346. The van der Waals surface area contributed by atoms with Crippen molar-refractivity contribution >= 4 is 26.6 Å². The second-order valence-corrected chi connectivity index (χ2v) is 8.60. The average molecular weight is 398 g/mol. The second kappa shape index (κ2) is 8.16. The maximum absolute atomic E-state index is 12.5. The van der Waals surface area contributed by atoms with Gasteiger partial charge in [0, 0.05) is 24.3 Å². The van der Waals surface area contributed by atoms with E-state index in [1.54, 1.807) is 36.5 Å². The Hall–Kier alpha value is -2.64.